The molecule has 0 N–H and O–H groups in total. The quantitative estimate of drug-likeness (QED) is 0.522. The molecule has 33 heavy (non-hydrogen) atoms. The summed E-state index contributed by atoms with van der Waals surface area (Å²) in [6.45, 7) is 5.70. The van der Waals surface area contributed by atoms with Gasteiger partial charge in [0.1, 0.15) is 0 Å². The summed E-state index contributed by atoms with van der Waals surface area (Å²) in [4.78, 5) is 30.4. The van der Waals surface area contributed by atoms with Gasteiger partial charge in [-0.2, -0.15) is 5.26 Å². The molecule has 4 rings (SSSR count). The normalized spacial score (nSPS) is 15.6. The zero-order valence-corrected chi connectivity index (χ0v) is 18.6. The number of hydrogen-bond acceptors (Lipinski definition) is 3. The Labute approximate surface area is 194 Å². The summed E-state index contributed by atoms with van der Waals surface area (Å²) in [7, 11) is 0. The number of carbonyl (C=O) groups is 2. The smallest absolute Gasteiger partial charge is 0.254 e. The predicted octanol–water partition coefficient (Wildman–Crippen LogP) is 4.78. The van der Waals surface area contributed by atoms with E-state index in [1.54, 1.807) is 23.1 Å². The molecular weight excluding hydrogens is 410 g/mol. The van der Waals surface area contributed by atoms with E-state index in [4.69, 9.17) is 5.26 Å². The highest BCUT2D eigenvalue weighted by Crippen LogP contribution is 2.25. The summed E-state index contributed by atoms with van der Waals surface area (Å²) in [6, 6.07) is 23.1. The van der Waals surface area contributed by atoms with Crippen LogP contribution in [0.25, 0.3) is 10.8 Å². The highest BCUT2D eigenvalue weighted by Gasteiger charge is 2.31. The number of nitriles is 1. The number of hydrogen-bond donors (Lipinski definition) is 0. The van der Waals surface area contributed by atoms with Gasteiger partial charge in [-0.15, -0.1) is 6.58 Å². The van der Waals surface area contributed by atoms with Gasteiger partial charge in [-0.25, -0.2) is 0 Å². The molecule has 166 valence electrons. The van der Waals surface area contributed by atoms with Crippen molar-refractivity contribution in [3.05, 3.63) is 96.1 Å². The zero-order valence-electron chi connectivity index (χ0n) is 18.6. The molecule has 0 saturated carbocycles. The second-order valence-electron chi connectivity index (χ2n) is 8.44. The maximum absolute atomic E-state index is 13.4. The zero-order chi connectivity index (χ0) is 23.2. The van der Waals surface area contributed by atoms with Crippen LogP contribution in [0, 0.1) is 17.2 Å². The molecule has 1 aliphatic rings. The van der Waals surface area contributed by atoms with Crippen LogP contribution in [0.5, 0.6) is 0 Å². The van der Waals surface area contributed by atoms with Gasteiger partial charge in [0.2, 0.25) is 5.91 Å². The van der Waals surface area contributed by atoms with Gasteiger partial charge < -0.3 is 9.80 Å². The van der Waals surface area contributed by atoms with Crippen LogP contribution >= 0.6 is 0 Å². The Morgan fingerprint density at radius 3 is 2.73 bits per heavy atom. The van der Waals surface area contributed by atoms with Gasteiger partial charge in [0.05, 0.1) is 17.6 Å². The molecule has 1 atom stereocenters. The highest BCUT2D eigenvalue weighted by atomic mass is 16.2. The lowest BCUT2D eigenvalue weighted by atomic mass is 9.94. The molecule has 1 fully saturated rings. The van der Waals surface area contributed by atoms with E-state index in [-0.39, 0.29) is 17.7 Å². The van der Waals surface area contributed by atoms with Crippen LogP contribution in [0.3, 0.4) is 0 Å². The van der Waals surface area contributed by atoms with E-state index in [9.17, 15) is 9.59 Å². The Morgan fingerprint density at radius 1 is 1.12 bits per heavy atom. The van der Waals surface area contributed by atoms with Crippen LogP contribution in [-0.4, -0.2) is 41.2 Å². The molecule has 1 aliphatic heterocycles. The van der Waals surface area contributed by atoms with Gasteiger partial charge in [0, 0.05) is 31.7 Å². The van der Waals surface area contributed by atoms with Crippen molar-refractivity contribution in [1.82, 2.24) is 9.80 Å². The second-order valence-corrected chi connectivity index (χ2v) is 8.44. The number of rotatable bonds is 6. The summed E-state index contributed by atoms with van der Waals surface area (Å²) in [6.07, 6.45) is 3.26. The molecular formula is C28H27N3O2. The molecule has 3 aromatic carbocycles. The maximum Gasteiger partial charge on any atom is 0.254 e. The molecule has 0 spiro atoms. The number of amides is 2. The summed E-state index contributed by atoms with van der Waals surface area (Å²) in [5.41, 5.74) is 2.16. The van der Waals surface area contributed by atoms with Crippen molar-refractivity contribution in [3.8, 4) is 6.07 Å². The summed E-state index contributed by atoms with van der Waals surface area (Å²) >= 11 is 0. The third-order valence-corrected chi connectivity index (χ3v) is 6.17. The first-order valence-corrected chi connectivity index (χ1v) is 11.3. The van der Waals surface area contributed by atoms with E-state index in [2.05, 4.69) is 12.6 Å². The first kappa shape index (κ1) is 22.3. The Morgan fingerprint density at radius 2 is 1.91 bits per heavy atom. The van der Waals surface area contributed by atoms with Crippen molar-refractivity contribution in [2.24, 2.45) is 5.92 Å². The Kier molecular flexibility index (Phi) is 6.85. The van der Waals surface area contributed by atoms with Gasteiger partial charge in [0.15, 0.2) is 0 Å². The van der Waals surface area contributed by atoms with Crippen LogP contribution in [0.1, 0.15) is 34.3 Å². The lowest BCUT2D eigenvalue weighted by Gasteiger charge is -2.35. The first-order chi connectivity index (χ1) is 16.1. The number of carbonyl (C=O) groups excluding carboxylic acids is 2. The minimum atomic E-state index is -0.253. The molecule has 3 aromatic rings. The van der Waals surface area contributed by atoms with Crippen molar-refractivity contribution in [1.29, 1.82) is 5.26 Å². The van der Waals surface area contributed by atoms with Crippen LogP contribution in [0.2, 0.25) is 0 Å². The van der Waals surface area contributed by atoms with Crippen LogP contribution in [0.15, 0.2) is 79.4 Å². The maximum atomic E-state index is 13.4. The van der Waals surface area contributed by atoms with Crippen molar-refractivity contribution in [2.45, 2.75) is 19.4 Å². The lowest BCUT2D eigenvalue weighted by molar-refractivity contribution is -0.137. The van der Waals surface area contributed by atoms with Gasteiger partial charge >= 0.3 is 0 Å². The highest BCUT2D eigenvalue weighted by molar-refractivity contribution is 6.07. The molecule has 1 unspecified atom stereocenters. The minimum absolute atomic E-state index is 0.0210. The molecule has 1 heterocycles. The van der Waals surface area contributed by atoms with Gasteiger partial charge in [-0.1, -0.05) is 54.6 Å². The Balaban J connectivity index is 1.51. The average molecular weight is 438 g/mol. The van der Waals surface area contributed by atoms with E-state index in [1.807, 2.05) is 59.5 Å². The van der Waals surface area contributed by atoms with E-state index >= 15 is 0 Å². The monoisotopic (exact) mass is 437 g/mol. The molecule has 0 aliphatic carbocycles. The SMILES string of the molecule is C=CCN(Cc1cccc(C#N)c1)C(=O)C1CCCN(C(=O)c2cccc3ccccc23)C1. The van der Waals surface area contributed by atoms with Crippen LogP contribution < -0.4 is 0 Å². The number of likely N-dealkylation sites (tertiary alicyclic amines) is 1. The number of fused-ring (bicyclic) bond motifs is 1. The Bertz CT molecular complexity index is 1220. The van der Waals surface area contributed by atoms with Gasteiger partial charge in [0.25, 0.3) is 5.91 Å². The van der Waals surface area contributed by atoms with Crippen LogP contribution in [0.4, 0.5) is 0 Å². The molecule has 5 heteroatoms. The summed E-state index contributed by atoms with van der Waals surface area (Å²) in [5, 5.41) is 11.1. The van der Waals surface area contributed by atoms with E-state index < -0.39 is 0 Å². The molecule has 0 aromatic heterocycles. The van der Waals surface area contributed by atoms with Gasteiger partial charge in [-0.05, 0) is 47.4 Å². The molecule has 0 radical (unpaired) electrons. The fraction of sp³-hybridized carbons (Fsp3) is 0.250. The number of nitrogens with zero attached hydrogens (tertiary/aromatic N) is 3. The van der Waals surface area contributed by atoms with Gasteiger partial charge in [-0.3, -0.25) is 9.59 Å². The van der Waals surface area contributed by atoms with E-state index in [1.165, 1.54) is 0 Å². The molecule has 2 amide bonds. The largest absolute Gasteiger partial charge is 0.338 e. The van der Waals surface area contributed by atoms with E-state index in [0.29, 0.717) is 37.3 Å². The fourth-order valence-corrected chi connectivity index (χ4v) is 4.55. The Hall–Kier alpha value is -3.91. The fourth-order valence-electron chi connectivity index (χ4n) is 4.55. The second kappa shape index (κ2) is 10.1. The van der Waals surface area contributed by atoms with Crippen molar-refractivity contribution in [2.75, 3.05) is 19.6 Å². The standard InChI is InChI=1S/C28H27N3O2/c1-2-15-30(19-22-9-5-8-21(17-22)18-29)27(32)24-12-7-16-31(20-24)28(33)26-14-6-11-23-10-3-4-13-25(23)26/h2-6,8-11,13-14,17,24H,1,7,12,15-16,19-20H2. The van der Waals surface area contributed by atoms with Crippen LogP contribution in [-0.2, 0) is 11.3 Å². The van der Waals surface area contributed by atoms with E-state index in [0.717, 1.165) is 29.2 Å². The third kappa shape index (κ3) is 4.96. The average Bonchev–Trinajstić information content (AvgIpc) is 2.87. The third-order valence-electron chi connectivity index (χ3n) is 6.17. The van der Waals surface area contributed by atoms with Crippen molar-refractivity contribution < 1.29 is 9.59 Å². The van der Waals surface area contributed by atoms with Crippen molar-refractivity contribution >= 4 is 22.6 Å². The molecule has 5 nitrogen and oxygen atoms in total. The number of benzene rings is 3. The van der Waals surface area contributed by atoms with Crippen molar-refractivity contribution in [3.63, 3.8) is 0 Å². The summed E-state index contributed by atoms with van der Waals surface area (Å²) < 4.78 is 0. The minimum Gasteiger partial charge on any atom is -0.338 e. The topological polar surface area (TPSA) is 64.4 Å². The molecule has 0 bridgehead atoms. The lowest BCUT2D eigenvalue weighted by Crippen LogP contribution is -2.46. The molecule has 1 saturated heterocycles. The predicted molar refractivity (Wildman–Crippen MR) is 129 cm³/mol. The summed E-state index contributed by atoms with van der Waals surface area (Å²) in [5.74, 6) is -0.259. The number of piperidine rings is 1. The first-order valence-electron chi connectivity index (χ1n) is 11.3.